The van der Waals surface area contributed by atoms with Gasteiger partial charge in [-0.25, -0.2) is 13.6 Å². The molecule has 2 rings (SSSR count). The second-order valence-corrected chi connectivity index (χ2v) is 5.49. The molecule has 0 bridgehead atoms. The first-order chi connectivity index (χ1) is 12.0. The van der Waals surface area contributed by atoms with Gasteiger partial charge >= 0.3 is 6.03 Å². The van der Waals surface area contributed by atoms with Gasteiger partial charge in [0.2, 0.25) is 5.91 Å². The summed E-state index contributed by atoms with van der Waals surface area (Å²) in [5.41, 5.74) is -0.0912. The summed E-state index contributed by atoms with van der Waals surface area (Å²) < 4.78 is 32.2. The zero-order chi connectivity index (χ0) is 18.2. The number of hydrogen-bond donors (Lipinski definition) is 3. The Bertz CT molecular complexity index is 700. The van der Waals surface area contributed by atoms with Crippen LogP contribution >= 0.6 is 0 Å². The number of rotatable bonds is 7. The Morgan fingerprint density at radius 2 is 1.84 bits per heavy atom. The van der Waals surface area contributed by atoms with Crippen LogP contribution in [0.15, 0.2) is 41.0 Å². The van der Waals surface area contributed by atoms with Crippen LogP contribution in [0.2, 0.25) is 0 Å². The number of nitrogens with one attached hydrogen (secondary N) is 3. The molecule has 134 valence electrons. The molecule has 8 heteroatoms. The lowest BCUT2D eigenvalue weighted by Gasteiger charge is -2.15. The van der Waals surface area contributed by atoms with Crippen molar-refractivity contribution in [3.63, 3.8) is 0 Å². The van der Waals surface area contributed by atoms with Crippen molar-refractivity contribution in [1.82, 2.24) is 16.0 Å². The maximum absolute atomic E-state index is 13.6. The van der Waals surface area contributed by atoms with Crippen LogP contribution < -0.4 is 16.0 Å². The molecule has 2 aromatic rings. The van der Waals surface area contributed by atoms with Gasteiger partial charge in [-0.05, 0) is 37.6 Å². The number of hydrogen-bond acceptors (Lipinski definition) is 3. The molecule has 1 aromatic heterocycles. The quantitative estimate of drug-likeness (QED) is 0.714. The average molecular weight is 351 g/mol. The molecule has 0 saturated carbocycles. The molecule has 3 N–H and O–H groups in total. The molecule has 0 aliphatic rings. The standard InChI is InChI=1S/C17H19F2N3O3/c1-11(8-13-14(18)5-2-6-15(13)19)22-17(24)21-10-16(23)20-9-12-4-3-7-25-12/h2-7,11H,8-10H2,1H3,(H,20,23)(H2,21,22,24)/t11-/m1/s1. The van der Waals surface area contributed by atoms with Crippen LogP contribution in [-0.4, -0.2) is 24.5 Å². The molecule has 0 spiro atoms. The van der Waals surface area contributed by atoms with E-state index in [1.165, 1.54) is 12.3 Å². The molecule has 0 saturated heterocycles. The molecular formula is C17H19F2N3O3. The lowest BCUT2D eigenvalue weighted by atomic mass is 10.1. The second-order valence-electron chi connectivity index (χ2n) is 5.49. The van der Waals surface area contributed by atoms with Crippen molar-refractivity contribution in [3.05, 3.63) is 59.6 Å². The molecule has 3 amide bonds. The monoisotopic (exact) mass is 351 g/mol. The maximum atomic E-state index is 13.6. The lowest BCUT2D eigenvalue weighted by molar-refractivity contribution is -0.120. The Kier molecular flexibility index (Phi) is 6.50. The SMILES string of the molecule is C[C@H](Cc1c(F)cccc1F)NC(=O)NCC(=O)NCc1ccco1. The Morgan fingerprint density at radius 3 is 2.48 bits per heavy atom. The van der Waals surface area contributed by atoms with Crippen LogP contribution in [0, 0.1) is 11.6 Å². The smallest absolute Gasteiger partial charge is 0.315 e. The number of carbonyl (C=O) groups excluding carboxylic acids is 2. The fourth-order valence-corrected chi connectivity index (χ4v) is 2.18. The molecule has 0 aliphatic carbocycles. The summed E-state index contributed by atoms with van der Waals surface area (Å²) >= 11 is 0. The highest BCUT2D eigenvalue weighted by atomic mass is 19.1. The van der Waals surface area contributed by atoms with Crippen molar-refractivity contribution in [1.29, 1.82) is 0 Å². The molecule has 6 nitrogen and oxygen atoms in total. The Morgan fingerprint density at radius 1 is 1.12 bits per heavy atom. The van der Waals surface area contributed by atoms with Crippen LogP contribution in [0.25, 0.3) is 0 Å². The van der Waals surface area contributed by atoms with Gasteiger partial charge in [-0.3, -0.25) is 4.79 Å². The number of benzene rings is 1. The van der Waals surface area contributed by atoms with Gasteiger partial charge in [-0.15, -0.1) is 0 Å². The van der Waals surface area contributed by atoms with Crippen molar-refractivity contribution in [2.24, 2.45) is 0 Å². The van der Waals surface area contributed by atoms with Crippen LogP contribution in [-0.2, 0) is 17.8 Å². The Labute approximate surface area is 143 Å². The first kappa shape index (κ1) is 18.4. The van der Waals surface area contributed by atoms with Crippen LogP contribution in [0.3, 0.4) is 0 Å². The van der Waals surface area contributed by atoms with E-state index < -0.39 is 23.7 Å². The van der Waals surface area contributed by atoms with E-state index in [4.69, 9.17) is 4.42 Å². The van der Waals surface area contributed by atoms with Crippen molar-refractivity contribution < 1.29 is 22.8 Å². The summed E-state index contributed by atoms with van der Waals surface area (Å²) in [4.78, 5) is 23.4. The number of halogens is 2. The summed E-state index contributed by atoms with van der Waals surface area (Å²) in [5.74, 6) is -1.12. The van der Waals surface area contributed by atoms with E-state index in [2.05, 4.69) is 16.0 Å². The molecule has 1 aromatic carbocycles. The predicted octanol–water partition coefficient (Wildman–Crippen LogP) is 2.10. The molecule has 0 fully saturated rings. The van der Waals surface area contributed by atoms with E-state index in [9.17, 15) is 18.4 Å². The number of urea groups is 1. The summed E-state index contributed by atoms with van der Waals surface area (Å²) in [6.45, 7) is 1.61. The van der Waals surface area contributed by atoms with Gasteiger partial charge in [-0.2, -0.15) is 0 Å². The van der Waals surface area contributed by atoms with E-state index in [1.807, 2.05) is 0 Å². The fourth-order valence-electron chi connectivity index (χ4n) is 2.18. The van der Waals surface area contributed by atoms with Gasteiger partial charge in [0.25, 0.3) is 0 Å². The zero-order valence-corrected chi connectivity index (χ0v) is 13.6. The van der Waals surface area contributed by atoms with Crippen molar-refractivity contribution in [3.8, 4) is 0 Å². The largest absolute Gasteiger partial charge is 0.467 e. The van der Waals surface area contributed by atoms with E-state index in [-0.39, 0.29) is 31.0 Å². The molecule has 0 aliphatic heterocycles. The van der Waals surface area contributed by atoms with Crippen molar-refractivity contribution in [2.75, 3.05) is 6.54 Å². The van der Waals surface area contributed by atoms with Crippen LogP contribution in [0.5, 0.6) is 0 Å². The third kappa shape index (κ3) is 5.91. The second kappa shape index (κ2) is 8.81. The summed E-state index contributed by atoms with van der Waals surface area (Å²) in [7, 11) is 0. The summed E-state index contributed by atoms with van der Waals surface area (Å²) in [6.07, 6.45) is 1.49. The highest BCUT2D eigenvalue weighted by Gasteiger charge is 2.14. The van der Waals surface area contributed by atoms with Gasteiger partial charge in [-0.1, -0.05) is 6.07 Å². The molecule has 25 heavy (non-hydrogen) atoms. The number of amides is 3. The van der Waals surface area contributed by atoms with Crippen LogP contribution in [0.4, 0.5) is 13.6 Å². The lowest BCUT2D eigenvalue weighted by Crippen LogP contribution is -2.45. The fraction of sp³-hybridized carbons (Fsp3) is 0.294. The Hall–Kier alpha value is -2.90. The first-order valence-electron chi connectivity index (χ1n) is 7.72. The molecular weight excluding hydrogens is 332 g/mol. The number of furan rings is 1. The Balaban J connectivity index is 1.71. The minimum absolute atomic E-state index is 0.00336. The molecule has 0 radical (unpaired) electrons. The molecule has 1 heterocycles. The maximum Gasteiger partial charge on any atom is 0.315 e. The third-order valence-corrected chi connectivity index (χ3v) is 3.40. The topological polar surface area (TPSA) is 83.4 Å². The predicted molar refractivity (Wildman–Crippen MR) is 86.6 cm³/mol. The van der Waals surface area contributed by atoms with Crippen molar-refractivity contribution >= 4 is 11.9 Å². The highest BCUT2D eigenvalue weighted by Crippen LogP contribution is 2.14. The van der Waals surface area contributed by atoms with Gasteiger partial charge in [0.1, 0.15) is 17.4 Å². The van der Waals surface area contributed by atoms with E-state index in [0.29, 0.717) is 5.76 Å². The van der Waals surface area contributed by atoms with Crippen molar-refractivity contribution in [2.45, 2.75) is 25.9 Å². The zero-order valence-electron chi connectivity index (χ0n) is 13.6. The highest BCUT2D eigenvalue weighted by molar-refractivity contribution is 5.83. The van der Waals surface area contributed by atoms with Gasteiger partial charge in [0.05, 0.1) is 19.4 Å². The van der Waals surface area contributed by atoms with E-state index >= 15 is 0 Å². The van der Waals surface area contributed by atoms with E-state index in [0.717, 1.165) is 12.1 Å². The minimum atomic E-state index is -0.661. The normalized spacial score (nSPS) is 11.6. The third-order valence-electron chi connectivity index (χ3n) is 3.40. The molecule has 0 unspecified atom stereocenters. The van der Waals surface area contributed by atoms with Gasteiger partial charge in [0, 0.05) is 11.6 Å². The van der Waals surface area contributed by atoms with Gasteiger partial charge < -0.3 is 20.4 Å². The van der Waals surface area contributed by atoms with Crippen LogP contribution in [0.1, 0.15) is 18.2 Å². The summed E-state index contributed by atoms with van der Waals surface area (Å²) in [5, 5.41) is 7.48. The van der Waals surface area contributed by atoms with Gasteiger partial charge in [0.15, 0.2) is 0 Å². The average Bonchev–Trinajstić information content (AvgIpc) is 3.08. The minimum Gasteiger partial charge on any atom is -0.467 e. The first-order valence-corrected chi connectivity index (χ1v) is 7.72. The number of carbonyl (C=O) groups is 2. The molecule has 1 atom stereocenters. The summed E-state index contributed by atoms with van der Waals surface area (Å²) in [6, 6.07) is 5.90. The van der Waals surface area contributed by atoms with E-state index in [1.54, 1.807) is 19.1 Å².